The Morgan fingerprint density at radius 3 is 2.59 bits per heavy atom. The molecule has 10 nitrogen and oxygen atoms in total. The lowest BCUT2D eigenvalue weighted by molar-refractivity contribution is -0.148. The van der Waals surface area contributed by atoms with Crippen molar-refractivity contribution in [3.05, 3.63) is 59.7 Å². The molecule has 170 valence electrons. The van der Waals surface area contributed by atoms with E-state index in [0.29, 0.717) is 5.57 Å². The summed E-state index contributed by atoms with van der Waals surface area (Å²) in [4.78, 5) is 55.6. The lowest BCUT2D eigenvalue weighted by Crippen LogP contribution is -2.49. The van der Waals surface area contributed by atoms with Crippen LogP contribution in [0.2, 0.25) is 0 Å². The van der Waals surface area contributed by atoms with Gasteiger partial charge in [0.2, 0.25) is 5.91 Å². The Morgan fingerprint density at radius 1 is 1.25 bits per heavy atom. The number of carbonyl (C=O) groups is 4. The molecule has 0 radical (unpaired) electrons. The van der Waals surface area contributed by atoms with E-state index in [0.717, 1.165) is 17.3 Å². The van der Waals surface area contributed by atoms with Crippen LogP contribution in [-0.2, 0) is 30.4 Å². The summed E-state index contributed by atoms with van der Waals surface area (Å²) < 4.78 is 0. The van der Waals surface area contributed by atoms with Gasteiger partial charge in [-0.15, -0.1) is 11.8 Å². The number of nitrogens with one attached hydrogen (secondary N) is 2. The van der Waals surface area contributed by atoms with Gasteiger partial charge in [0.1, 0.15) is 11.1 Å². The van der Waals surface area contributed by atoms with Gasteiger partial charge in [0, 0.05) is 12.8 Å². The number of nitrogens with zero attached hydrogens (tertiary/aromatic N) is 1. The van der Waals surface area contributed by atoms with E-state index in [9.17, 15) is 29.4 Å². The summed E-state index contributed by atoms with van der Waals surface area (Å²) in [6.07, 6.45) is 4.46. The number of carbonyl (C=O) groups excluding carboxylic acids is 2. The maximum Gasteiger partial charge on any atom is 0.354 e. The molecule has 1 aliphatic rings. The number of hydrogen-bond acceptors (Lipinski definition) is 8. The smallest absolute Gasteiger partial charge is 0.354 e. The van der Waals surface area contributed by atoms with Crippen LogP contribution in [0.1, 0.15) is 12.0 Å². The number of aliphatic carboxylic acids is 2. The highest BCUT2D eigenvalue weighted by molar-refractivity contribution is 8.00. The number of amides is 1. The number of aliphatic imine (C=N–C) groups is 1. The molecular weight excluding hydrogens is 438 g/mol. The number of rotatable bonds is 10. The van der Waals surface area contributed by atoms with Crippen LogP contribution in [0.25, 0.3) is 0 Å². The molecule has 0 spiro atoms. The molecule has 0 fully saturated rings. The Labute approximate surface area is 188 Å². The van der Waals surface area contributed by atoms with Crippen LogP contribution < -0.4 is 10.8 Å². The standard InChI is InChI=1S/C21H23N3O7S/c1-22-31-16(26)10-6-5-9-14-12-32-19(24-17(14)20(27)28)18(21(29)30)23-15(25)11-13-7-3-2-4-8-13/h2-9,18-19,22H,10-12H2,1H3,(H,23,25)(H,27,28)(H,29,30)/b6-5+,14-9+. The second-order valence-electron chi connectivity index (χ2n) is 6.53. The van der Waals surface area contributed by atoms with Crippen molar-refractivity contribution >= 4 is 41.3 Å². The van der Waals surface area contributed by atoms with Crippen LogP contribution in [-0.4, -0.2) is 64.0 Å². The highest BCUT2D eigenvalue weighted by Crippen LogP contribution is 2.27. The van der Waals surface area contributed by atoms with E-state index in [1.54, 1.807) is 30.3 Å². The van der Waals surface area contributed by atoms with Crippen LogP contribution in [0.4, 0.5) is 0 Å². The Bertz CT molecular complexity index is 944. The number of carboxylic acid groups (broad SMARTS) is 2. The summed E-state index contributed by atoms with van der Waals surface area (Å²) in [5.74, 6) is -3.48. The molecule has 2 rings (SSSR count). The third kappa shape index (κ3) is 7.67. The molecule has 2 atom stereocenters. The molecule has 11 heteroatoms. The normalized spacial score (nSPS) is 18.1. The molecule has 4 N–H and O–H groups in total. The number of hydroxylamine groups is 1. The number of carboxylic acids is 2. The quantitative estimate of drug-likeness (QED) is 0.373. The minimum atomic E-state index is -1.39. The van der Waals surface area contributed by atoms with E-state index in [2.05, 4.69) is 20.6 Å². The molecule has 32 heavy (non-hydrogen) atoms. The predicted octanol–water partition coefficient (Wildman–Crippen LogP) is 0.947. The van der Waals surface area contributed by atoms with E-state index in [-0.39, 0.29) is 24.3 Å². The fraction of sp³-hybridized carbons (Fsp3) is 0.286. The van der Waals surface area contributed by atoms with E-state index >= 15 is 0 Å². The number of allylic oxidation sites excluding steroid dienone is 2. The van der Waals surface area contributed by atoms with Gasteiger partial charge in [0.05, 0.1) is 12.8 Å². The van der Waals surface area contributed by atoms with E-state index in [1.807, 2.05) is 0 Å². The van der Waals surface area contributed by atoms with Crippen molar-refractivity contribution < 1.29 is 34.2 Å². The summed E-state index contributed by atoms with van der Waals surface area (Å²) >= 11 is 1.10. The second-order valence-corrected chi connectivity index (χ2v) is 7.64. The van der Waals surface area contributed by atoms with Gasteiger partial charge in [-0.2, -0.15) is 5.48 Å². The lowest BCUT2D eigenvalue weighted by Gasteiger charge is -2.26. The first-order valence-corrected chi connectivity index (χ1v) is 10.6. The molecule has 1 amide bonds. The molecule has 0 saturated heterocycles. The predicted molar refractivity (Wildman–Crippen MR) is 118 cm³/mol. The minimum Gasteiger partial charge on any atom is -0.480 e. The molecule has 0 aliphatic carbocycles. The fourth-order valence-corrected chi connectivity index (χ4v) is 3.89. The molecular formula is C21H23N3O7S. The first-order valence-electron chi connectivity index (χ1n) is 9.53. The maximum absolute atomic E-state index is 12.3. The van der Waals surface area contributed by atoms with E-state index in [4.69, 9.17) is 0 Å². The first-order chi connectivity index (χ1) is 15.3. The van der Waals surface area contributed by atoms with Gasteiger partial charge in [-0.05, 0) is 11.1 Å². The number of benzene rings is 1. The second kappa shape index (κ2) is 12.4. The molecule has 1 aliphatic heterocycles. The van der Waals surface area contributed by atoms with E-state index < -0.39 is 35.2 Å². The van der Waals surface area contributed by atoms with Gasteiger partial charge >= 0.3 is 17.9 Å². The summed E-state index contributed by atoms with van der Waals surface area (Å²) in [5.41, 5.74) is 3.04. The van der Waals surface area contributed by atoms with E-state index in [1.165, 1.54) is 25.3 Å². The molecule has 2 unspecified atom stereocenters. The largest absolute Gasteiger partial charge is 0.480 e. The minimum absolute atomic E-state index is 0.0105. The van der Waals surface area contributed by atoms with Crippen LogP contribution in [0.5, 0.6) is 0 Å². The monoisotopic (exact) mass is 461 g/mol. The fourth-order valence-electron chi connectivity index (χ4n) is 2.75. The Kier molecular flexibility index (Phi) is 9.64. The van der Waals surface area contributed by atoms with Gasteiger partial charge < -0.3 is 20.4 Å². The topological polar surface area (TPSA) is 154 Å². The van der Waals surface area contributed by atoms with Crippen LogP contribution >= 0.6 is 11.8 Å². The lowest BCUT2D eigenvalue weighted by atomic mass is 10.1. The number of hydrogen-bond donors (Lipinski definition) is 4. The van der Waals surface area contributed by atoms with Crippen LogP contribution in [0.3, 0.4) is 0 Å². The van der Waals surface area contributed by atoms with Gasteiger partial charge in [-0.25, -0.2) is 9.59 Å². The van der Waals surface area contributed by atoms with Gasteiger partial charge in [-0.3, -0.25) is 14.6 Å². The average molecular weight is 461 g/mol. The summed E-state index contributed by atoms with van der Waals surface area (Å²) in [7, 11) is 1.45. The molecule has 1 aromatic carbocycles. The summed E-state index contributed by atoms with van der Waals surface area (Å²) in [6.45, 7) is 0. The third-order valence-corrected chi connectivity index (χ3v) is 5.38. The zero-order valence-electron chi connectivity index (χ0n) is 17.2. The van der Waals surface area contributed by atoms with Crippen molar-refractivity contribution in [3.63, 3.8) is 0 Å². The zero-order valence-corrected chi connectivity index (χ0v) is 18.0. The van der Waals surface area contributed by atoms with Crippen molar-refractivity contribution in [1.29, 1.82) is 0 Å². The first kappa shape index (κ1) is 24.8. The molecule has 0 bridgehead atoms. The maximum atomic E-state index is 12.3. The Balaban J connectivity index is 2.12. The summed E-state index contributed by atoms with van der Waals surface area (Å²) in [6, 6.07) is 7.44. The zero-order chi connectivity index (χ0) is 23.5. The van der Waals surface area contributed by atoms with Crippen molar-refractivity contribution in [2.45, 2.75) is 24.3 Å². The Morgan fingerprint density at radius 2 is 1.97 bits per heavy atom. The molecule has 1 heterocycles. The van der Waals surface area contributed by atoms with Crippen molar-refractivity contribution in [2.75, 3.05) is 12.8 Å². The SMILES string of the molecule is CNOC(=O)C/C=C/C=C1\CSC(C(NC(=O)Cc2ccccc2)C(=O)O)N=C1C(=O)O. The molecule has 0 saturated carbocycles. The highest BCUT2D eigenvalue weighted by atomic mass is 32.2. The van der Waals surface area contributed by atoms with Gasteiger partial charge in [0.25, 0.3) is 0 Å². The third-order valence-electron chi connectivity index (χ3n) is 4.18. The van der Waals surface area contributed by atoms with Crippen molar-refractivity contribution in [3.8, 4) is 0 Å². The van der Waals surface area contributed by atoms with Crippen LogP contribution in [0, 0.1) is 0 Å². The van der Waals surface area contributed by atoms with Crippen molar-refractivity contribution in [1.82, 2.24) is 10.8 Å². The van der Waals surface area contributed by atoms with Crippen molar-refractivity contribution in [2.24, 2.45) is 4.99 Å². The summed E-state index contributed by atoms with van der Waals surface area (Å²) in [5, 5.41) is 20.5. The average Bonchev–Trinajstić information content (AvgIpc) is 2.76. The molecule has 0 aromatic heterocycles. The van der Waals surface area contributed by atoms with Gasteiger partial charge in [0.15, 0.2) is 6.04 Å². The molecule has 1 aromatic rings. The highest BCUT2D eigenvalue weighted by Gasteiger charge is 2.34. The van der Waals surface area contributed by atoms with Gasteiger partial charge in [-0.1, -0.05) is 48.6 Å². The van der Waals surface area contributed by atoms with Crippen LogP contribution in [0.15, 0.2) is 59.1 Å². The number of thioether (sulfide) groups is 1. The Hall–Kier alpha value is -3.44.